The van der Waals surface area contributed by atoms with Crippen LogP contribution in [0.25, 0.3) is 0 Å². The highest BCUT2D eigenvalue weighted by molar-refractivity contribution is 8.01. The van der Waals surface area contributed by atoms with Crippen molar-refractivity contribution in [1.82, 2.24) is 5.32 Å². The zero-order chi connectivity index (χ0) is 9.26. The van der Waals surface area contributed by atoms with Gasteiger partial charge in [0.25, 0.3) is 0 Å². The molecule has 1 fully saturated rings. The number of thioether (sulfide) groups is 1. The van der Waals surface area contributed by atoms with Gasteiger partial charge in [0.2, 0.25) is 5.91 Å². The van der Waals surface area contributed by atoms with Crippen molar-refractivity contribution in [3.05, 3.63) is 35.9 Å². The Hall–Kier alpha value is -0.960. The van der Waals surface area contributed by atoms with E-state index in [4.69, 9.17) is 0 Å². The van der Waals surface area contributed by atoms with E-state index in [0.29, 0.717) is 0 Å². The van der Waals surface area contributed by atoms with Crippen LogP contribution in [0, 0.1) is 0 Å². The molecule has 0 bridgehead atoms. The van der Waals surface area contributed by atoms with Gasteiger partial charge in [0.1, 0.15) is 5.37 Å². The summed E-state index contributed by atoms with van der Waals surface area (Å²) in [7, 11) is 0. The molecular formula is C10H11NOS. The Morgan fingerprint density at radius 3 is 2.54 bits per heavy atom. The Morgan fingerprint density at radius 1 is 1.31 bits per heavy atom. The summed E-state index contributed by atoms with van der Waals surface area (Å²) in [5, 5.41) is 3.16. The smallest absolute Gasteiger partial charge is 0.234 e. The minimum atomic E-state index is 0.0743. The van der Waals surface area contributed by atoms with Crippen LogP contribution in [0.4, 0.5) is 0 Å². The van der Waals surface area contributed by atoms with Gasteiger partial charge in [0.15, 0.2) is 0 Å². The number of hydrogen-bond acceptors (Lipinski definition) is 2. The fourth-order valence-corrected chi connectivity index (χ4v) is 2.43. The molecule has 68 valence electrons. The van der Waals surface area contributed by atoms with Gasteiger partial charge in [0.05, 0.1) is 5.25 Å². The second kappa shape index (κ2) is 3.42. The zero-order valence-electron chi connectivity index (χ0n) is 7.36. The van der Waals surface area contributed by atoms with Crippen molar-refractivity contribution in [2.75, 3.05) is 0 Å². The molecule has 1 heterocycles. The van der Waals surface area contributed by atoms with E-state index in [-0.39, 0.29) is 16.5 Å². The first-order valence-corrected chi connectivity index (χ1v) is 5.22. The maximum absolute atomic E-state index is 11.2. The summed E-state index contributed by atoms with van der Waals surface area (Å²) in [6.45, 7) is 1.93. The summed E-state index contributed by atoms with van der Waals surface area (Å²) < 4.78 is 0. The van der Waals surface area contributed by atoms with Crippen LogP contribution in [0.5, 0.6) is 0 Å². The molecule has 0 aliphatic carbocycles. The number of amides is 1. The van der Waals surface area contributed by atoms with E-state index in [1.807, 2.05) is 37.3 Å². The number of nitrogens with one attached hydrogen (secondary N) is 1. The minimum absolute atomic E-state index is 0.0743. The Labute approximate surface area is 81.7 Å². The highest BCUT2D eigenvalue weighted by atomic mass is 32.2. The molecule has 0 unspecified atom stereocenters. The van der Waals surface area contributed by atoms with Gasteiger partial charge >= 0.3 is 0 Å². The van der Waals surface area contributed by atoms with E-state index in [1.165, 1.54) is 5.56 Å². The molecular weight excluding hydrogens is 182 g/mol. The maximum Gasteiger partial charge on any atom is 0.234 e. The molecule has 1 aromatic rings. The van der Waals surface area contributed by atoms with Crippen molar-refractivity contribution < 1.29 is 4.79 Å². The summed E-state index contributed by atoms with van der Waals surface area (Å²) in [6.07, 6.45) is 0. The Kier molecular flexibility index (Phi) is 2.27. The summed E-state index contributed by atoms with van der Waals surface area (Å²) in [4.78, 5) is 11.2. The molecule has 1 N–H and O–H groups in total. The molecule has 1 aliphatic rings. The fraction of sp³-hybridized carbons (Fsp3) is 0.300. The van der Waals surface area contributed by atoms with Gasteiger partial charge in [-0.25, -0.2) is 0 Å². The first-order valence-electron chi connectivity index (χ1n) is 4.28. The van der Waals surface area contributed by atoms with Crippen molar-refractivity contribution in [3.8, 4) is 0 Å². The second-order valence-corrected chi connectivity index (χ2v) is 4.53. The average Bonchev–Trinajstić information content (AvgIpc) is 2.49. The van der Waals surface area contributed by atoms with Gasteiger partial charge in [-0.1, -0.05) is 30.3 Å². The van der Waals surface area contributed by atoms with Crippen LogP contribution >= 0.6 is 11.8 Å². The lowest BCUT2D eigenvalue weighted by molar-refractivity contribution is -0.119. The van der Waals surface area contributed by atoms with E-state index in [1.54, 1.807) is 11.8 Å². The largest absolute Gasteiger partial charge is 0.339 e. The fourth-order valence-electron chi connectivity index (χ4n) is 1.34. The minimum Gasteiger partial charge on any atom is -0.339 e. The topological polar surface area (TPSA) is 29.1 Å². The molecule has 2 rings (SSSR count). The quantitative estimate of drug-likeness (QED) is 0.738. The van der Waals surface area contributed by atoms with Crippen molar-refractivity contribution in [2.45, 2.75) is 17.5 Å². The summed E-state index contributed by atoms with van der Waals surface area (Å²) in [5.41, 5.74) is 1.17. The van der Waals surface area contributed by atoms with Gasteiger partial charge in [-0.15, -0.1) is 11.8 Å². The summed E-state index contributed by atoms with van der Waals surface area (Å²) in [6, 6.07) is 10.0. The van der Waals surface area contributed by atoms with Crippen LogP contribution in [-0.2, 0) is 4.79 Å². The number of carbonyl (C=O) groups excluding carboxylic acids is 1. The Bertz CT molecular complexity index is 312. The highest BCUT2D eigenvalue weighted by Crippen LogP contribution is 2.34. The highest BCUT2D eigenvalue weighted by Gasteiger charge is 2.29. The molecule has 2 nitrogen and oxygen atoms in total. The number of hydrogen-bond donors (Lipinski definition) is 1. The van der Waals surface area contributed by atoms with E-state index < -0.39 is 0 Å². The van der Waals surface area contributed by atoms with E-state index in [2.05, 4.69) is 5.32 Å². The lowest BCUT2D eigenvalue weighted by Gasteiger charge is -2.08. The van der Waals surface area contributed by atoms with Gasteiger partial charge in [0, 0.05) is 0 Å². The predicted molar refractivity (Wildman–Crippen MR) is 54.4 cm³/mol. The van der Waals surface area contributed by atoms with Crippen LogP contribution in [0.15, 0.2) is 30.3 Å². The molecule has 0 radical (unpaired) electrons. The monoisotopic (exact) mass is 193 g/mol. The normalized spacial score (nSPS) is 27.3. The first kappa shape index (κ1) is 8.63. The van der Waals surface area contributed by atoms with Crippen LogP contribution in [0.2, 0.25) is 0 Å². The molecule has 0 saturated carbocycles. The third kappa shape index (κ3) is 1.70. The van der Waals surface area contributed by atoms with Crippen LogP contribution < -0.4 is 5.32 Å². The lowest BCUT2D eigenvalue weighted by Crippen LogP contribution is -2.22. The number of carbonyl (C=O) groups is 1. The molecule has 0 spiro atoms. The summed E-state index contributed by atoms with van der Waals surface area (Å²) in [5.74, 6) is 0.138. The molecule has 1 aliphatic heterocycles. The first-order chi connectivity index (χ1) is 6.27. The molecule has 0 aromatic heterocycles. The standard InChI is InChI=1S/C10H11NOS/c1-7-9(12)11-10(13-7)8-5-3-2-4-6-8/h2-7,10H,1H3,(H,11,12)/t7-,10-/m1/s1. The molecule has 1 aromatic carbocycles. The molecule has 3 heteroatoms. The van der Waals surface area contributed by atoms with Crippen LogP contribution in [0.3, 0.4) is 0 Å². The number of rotatable bonds is 1. The second-order valence-electron chi connectivity index (χ2n) is 3.08. The third-order valence-corrected chi connectivity index (χ3v) is 3.37. The third-order valence-electron chi connectivity index (χ3n) is 2.09. The maximum atomic E-state index is 11.2. The van der Waals surface area contributed by atoms with Crippen molar-refractivity contribution in [1.29, 1.82) is 0 Å². The number of benzene rings is 1. The van der Waals surface area contributed by atoms with Crippen molar-refractivity contribution >= 4 is 17.7 Å². The molecule has 13 heavy (non-hydrogen) atoms. The average molecular weight is 193 g/mol. The Morgan fingerprint density at radius 2 is 2.00 bits per heavy atom. The molecule has 1 amide bonds. The van der Waals surface area contributed by atoms with Gasteiger partial charge in [-0.3, -0.25) is 4.79 Å². The van der Waals surface area contributed by atoms with E-state index in [9.17, 15) is 4.79 Å². The zero-order valence-corrected chi connectivity index (χ0v) is 8.17. The van der Waals surface area contributed by atoms with E-state index in [0.717, 1.165) is 0 Å². The van der Waals surface area contributed by atoms with Gasteiger partial charge in [-0.2, -0.15) is 0 Å². The molecule has 2 atom stereocenters. The van der Waals surface area contributed by atoms with Crippen LogP contribution in [0.1, 0.15) is 17.9 Å². The van der Waals surface area contributed by atoms with Crippen LogP contribution in [-0.4, -0.2) is 11.2 Å². The van der Waals surface area contributed by atoms with Gasteiger partial charge in [-0.05, 0) is 12.5 Å². The van der Waals surface area contributed by atoms with Crippen molar-refractivity contribution in [3.63, 3.8) is 0 Å². The molecule has 1 saturated heterocycles. The Balaban J connectivity index is 2.17. The predicted octanol–water partition coefficient (Wildman–Crippen LogP) is 1.94. The van der Waals surface area contributed by atoms with E-state index >= 15 is 0 Å². The summed E-state index contributed by atoms with van der Waals surface area (Å²) >= 11 is 1.67. The SMILES string of the molecule is C[C@H]1S[C@H](c2ccccc2)NC1=O. The van der Waals surface area contributed by atoms with Gasteiger partial charge < -0.3 is 5.32 Å². The lowest BCUT2D eigenvalue weighted by atomic mass is 10.2. The van der Waals surface area contributed by atoms with Crippen molar-refractivity contribution in [2.24, 2.45) is 0 Å².